The molecule has 5 rings (SSSR count). The van der Waals surface area contributed by atoms with E-state index in [1.165, 1.54) is 16.2 Å². The van der Waals surface area contributed by atoms with Crippen LogP contribution in [0.5, 0.6) is 0 Å². The van der Waals surface area contributed by atoms with Gasteiger partial charge in [0, 0.05) is 23.1 Å². The highest BCUT2D eigenvalue weighted by Crippen LogP contribution is 2.39. The van der Waals surface area contributed by atoms with Gasteiger partial charge in [-0.1, -0.05) is 42.4 Å². The molecule has 0 atom stereocenters. The molecule has 31 heavy (non-hydrogen) atoms. The van der Waals surface area contributed by atoms with Gasteiger partial charge < -0.3 is 9.84 Å². The van der Waals surface area contributed by atoms with Gasteiger partial charge in [-0.2, -0.15) is 4.98 Å². The van der Waals surface area contributed by atoms with Gasteiger partial charge in [0.25, 0.3) is 11.4 Å². The van der Waals surface area contributed by atoms with Crippen molar-refractivity contribution in [1.29, 1.82) is 0 Å². The fraction of sp³-hybridized carbons (Fsp3) is 0.250. The number of carbonyl (C=O) groups is 1. The molecule has 0 spiro atoms. The van der Waals surface area contributed by atoms with Gasteiger partial charge >= 0.3 is 0 Å². The maximum absolute atomic E-state index is 12.9. The highest BCUT2D eigenvalue weighted by Gasteiger charge is 2.29. The van der Waals surface area contributed by atoms with Crippen LogP contribution in [-0.2, 0) is 17.8 Å². The number of rotatable bonds is 6. The van der Waals surface area contributed by atoms with Crippen LogP contribution in [0.25, 0.3) is 22.4 Å². The molecule has 1 N–H and O–H groups in total. The van der Waals surface area contributed by atoms with Crippen molar-refractivity contribution in [3.63, 3.8) is 0 Å². The van der Waals surface area contributed by atoms with Gasteiger partial charge in [-0.3, -0.25) is 14.2 Å². The van der Waals surface area contributed by atoms with Crippen LogP contribution in [0.3, 0.4) is 0 Å². The van der Waals surface area contributed by atoms with Crippen LogP contribution in [0.4, 0.5) is 5.69 Å². The summed E-state index contributed by atoms with van der Waals surface area (Å²) < 4.78 is 6.91. The standard InChI is InChI=1S/C24H22N4O3/c1-2-15-7-11-17(12-8-15)25-21(29)14-28-20-6-4-3-5-18(20)19(13-22(28)30)24-26-23(27-31-24)16-9-10-16/h3-8,11-13,16H,2,9-10,14H2,1H3,(H,25,29). The van der Waals surface area contributed by atoms with E-state index in [0.717, 1.165) is 24.6 Å². The molecule has 1 saturated carbocycles. The number of aryl methyl sites for hydroxylation is 1. The van der Waals surface area contributed by atoms with E-state index < -0.39 is 0 Å². The SMILES string of the molecule is CCc1ccc(NC(=O)Cn2c(=O)cc(-c3nc(C4CC4)no3)c3ccccc32)cc1. The molecule has 156 valence electrons. The zero-order valence-corrected chi connectivity index (χ0v) is 17.2. The van der Waals surface area contributed by atoms with Crippen molar-refractivity contribution in [3.8, 4) is 11.5 Å². The Balaban J connectivity index is 1.46. The lowest BCUT2D eigenvalue weighted by Crippen LogP contribution is -2.27. The minimum absolute atomic E-state index is 0.0910. The maximum Gasteiger partial charge on any atom is 0.258 e. The number of nitrogens with one attached hydrogen (secondary N) is 1. The molecule has 7 nitrogen and oxygen atoms in total. The lowest BCUT2D eigenvalue weighted by Gasteiger charge is -2.12. The minimum atomic E-state index is -0.295. The first-order valence-corrected chi connectivity index (χ1v) is 10.5. The zero-order chi connectivity index (χ0) is 21.4. The fourth-order valence-electron chi connectivity index (χ4n) is 3.69. The van der Waals surface area contributed by atoms with Crippen molar-refractivity contribution >= 4 is 22.5 Å². The van der Waals surface area contributed by atoms with E-state index >= 15 is 0 Å². The van der Waals surface area contributed by atoms with E-state index in [1.54, 1.807) is 0 Å². The van der Waals surface area contributed by atoms with Gasteiger partial charge in [-0.05, 0) is 43.0 Å². The zero-order valence-electron chi connectivity index (χ0n) is 17.2. The molecule has 1 aliphatic carbocycles. The second-order valence-electron chi connectivity index (χ2n) is 7.83. The molecular formula is C24H22N4O3. The average Bonchev–Trinajstić information content (AvgIpc) is 3.53. The molecule has 1 amide bonds. The van der Waals surface area contributed by atoms with E-state index in [4.69, 9.17) is 4.52 Å². The van der Waals surface area contributed by atoms with Gasteiger partial charge in [0.05, 0.1) is 11.1 Å². The van der Waals surface area contributed by atoms with Crippen LogP contribution in [0.15, 0.2) is 63.9 Å². The Kier molecular flexibility index (Phi) is 4.86. The van der Waals surface area contributed by atoms with E-state index in [0.29, 0.717) is 34.4 Å². The monoisotopic (exact) mass is 414 g/mol. The van der Waals surface area contributed by atoms with Gasteiger partial charge in [0.2, 0.25) is 5.91 Å². The van der Waals surface area contributed by atoms with E-state index in [1.807, 2.05) is 48.5 Å². The quantitative estimate of drug-likeness (QED) is 0.512. The van der Waals surface area contributed by atoms with E-state index in [-0.39, 0.29) is 18.0 Å². The lowest BCUT2D eigenvalue weighted by atomic mass is 10.1. The largest absolute Gasteiger partial charge is 0.334 e. The number of pyridine rings is 1. The third-order valence-corrected chi connectivity index (χ3v) is 5.58. The number of aromatic nitrogens is 3. The van der Waals surface area contributed by atoms with Crippen molar-refractivity contribution in [3.05, 3.63) is 76.3 Å². The summed E-state index contributed by atoms with van der Waals surface area (Å²) in [6.45, 7) is 1.99. The molecule has 2 aromatic carbocycles. The molecule has 1 aliphatic rings. The number of hydrogen-bond donors (Lipinski definition) is 1. The third kappa shape index (κ3) is 3.86. The van der Waals surface area contributed by atoms with Crippen LogP contribution >= 0.6 is 0 Å². The summed E-state index contributed by atoms with van der Waals surface area (Å²) in [5.41, 5.74) is 2.84. The van der Waals surface area contributed by atoms with Crippen molar-refractivity contribution < 1.29 is 9.32 Å². The molecule has 0 aliphatic heterocycles. The molecule has 0 saturated heterocycles. The smallest absolute Gasteiger partial charge is 0.258 e. The van der Waals surface area contributed by atoms with Crippen molar-refractivity contribution in [2.24, 2.45) is 0 Å². The number of hydrogen-bond acceptors (Lipinski definition) is 5. The second-order valence-corrected chi connectivity index (χ2v) is 7.83. The first-order chi connectivity index (χ1) is 15.1. The summed E-state index contributed by atoms with van der Waals surface area (Å²) in [5, 5.41) is 7.71. The summed E-state index contributed by atoms with van der Waals surface area (Å²) in [5.74, 6) is 1.12. The molecule has 2 heterocycles. The summed E-state index contributed by atoms with van der Waals surface area (Å²) in [7, 11) is 0. The lowest BCUT2D eigenvalue weighted by molar-refractivity contribution is -0.116. The average molecular weight is 414 g/mol. The van der Waals surface area contributed by atoms with Crippen LogP contribution in [0.2, 0.25) is 0 Å². The summed E-state index contributed by atoms with van der Waals surface area (Å²) >= 11 is 0. The normalized spacial score (nSPS) is 13.5. The van der Waals surface area contributed by atoms with Gasteiger partial charge in [0.15, 0.2) is 5.82 Å². The topological polar surface area (TPSA) is 90.0 Å². The van der Waals surface area contributed by atoms with E-state index in [9.17, 15) is 9.59 Å². The number of nitrogens with zero attached hydrogens (tertiary/aromatic N) is 3. The maximum atomic E-state index is 12.9. The first kappa shape index (κ1) is 19.2. The Morgan fingerprint density at radius 2 is 1.94 bits per heavy atom. The number of amides is 1. The number of fused-ring (bicyclic) bond motifs is 1. The molecular weight excluding hydrogens is 392 g/mol. The molecule has 0 bridgehead atoms. The summed E-state index contributed by atoms with van der Waals surface area (Å²) in [4.78, 5) is 30.1. The molecule has 1 fully saturated rings. The van der Waals surface area contributed by atoms with Crippen molar-refractivity contribution in [2.75, 3.05) is 5.32 Å². The van der Waals surface area contributed by atoms with Crippen LogP contribution in [0.1, 0.15) is 37.1 Å². The second kappa shape index (κ2) is 7.83. The number of benzene rings is 2. The predicted molar refractivity (Wildman–Crippen MR) is 118 cm³/mol. The highest BCUT2D eigenvalue weighted by atomic mass is 16.5. The third-order valence-electron chi connectivity index (χ3n) is 5.58. The molecule has 0 radical (unpaired) electrons. The Hall–Kier alpha value is -3.74. The molecule has 4 aromatic rings. The Bertz CT molecular complexity index is 1320. The van der Waals surface area contributed by atoms with E-state index in [2.05, 4.69) is 22.4 Å². The van der Waals surface area contributed by atoms with Gasteiger partial charge in [-0.25, -0.2) is 0 Å². The van der Waals surface area contributed by atoms with Crippen molar-refractivity contribution in [1.82, 2.24) is 14.7 Å². The van der Waals surface area contributed by atoms with Crippen LogP contribution in [0, 0.1) is 0 Å². The summed E-state index contributed by atoms with van der Waals surface area (Å²) in [6, 6.07) is 16.6. The molecule has 0 unspecified atom stereocenters. The Labute approximate surface area is 178 Å². The molecule has 7 heteroatoms. The van der Waals surface area contributed by atoms with Gasteiger partial charge in [-0.15, -0.1) is 0 Å². The summed E-state index contributed by atoms with van der Waals surface area (Å²) in [6.07, 6.45) is 3.07. The van der Waals surface area contributed by atoms with Crippen molar-refractivity contribution in [2.45, 2.75) is 38.6 Å². The Morgan fingerprint density at radius 3 is 2.68 bits per heavy atom. The molecule has 2 aromatic heterocycles. The number of para-hydroxylation sites is 1. The van der Waals surface area contributed by atoms with Gasteiger partial charge in [0.1, 0.15) is 6.54 Å². The van der Waals surface area contributed by atoms with Crippen LogP contribution in [-0.4, -0.2) is 20.6 Å². The first-order valence-electron chi connectivity index (χ1n) is 10.5. The Morgan fingerprint density at radius 1 is 1.16 bits per heavy atom. The highest BCUT2D eigenvalue weighted by molar-refractivity contribution is 5.95. The fourth-order valence-corrected chi connectivity index (χ4v) is 3.69. The minimum Gasteiger partial charge on any atom is -0.334 e. The predicted octanol–water partition coefficient (Wildman–Crippen LogP) is 4.13. The number of carbonyl (C=O) groups excluding carboxylic acids is 1. The number of anilines is 1. The van der Waals surface area contributed by atoms with Crippen LogP contribution < -0.4 is 10.9 Å².